The summed E-state index contributed by atoms with van der Waals surface area (Å²) in [5, 5.41) is 0. The average molecular weight is 319 g/mol. The van der Waals surface area contributed by atoms with Gasteiger partial charge in [0.05, 0.1) is 5.56 Å². The molecule has 98 valence electrons. The predicted molar refractivity (Wildman–Crippen MR) is 79.7 cm³/mol. The van der Waals surface area contributed by atoms with Crippen molar-refractivity contribution in [3.8, 4) is 5.75 Å². The van der Waals surface area contributed by atoms with Crippen LogP contribution in [0, 0.1) is 6.92 Å². The van der Waals surface area contributed by atoms with Crippen LogP contribution >= 0.6 is 15.9 Å². The maximum Gasteiger partial charge on any atom is 0.163 e. The molecule has 0 fully saturated rings. The molecule has 2 aromatic carbocycles. The quantitative estimate of drug-likeness (QED) is 0.774. The van der Waals surface area contributed by atoms with Crippen molar-refractivity contribution in [2.45, 2.75) is 20.5 Å². The Kier molecular flexibility index (Phi) is 4.38. The number of halogens is 1. The topological polar surface area (TPSA) is 26.3 Å². The molecular formula is C16H15BrO2. The van der Waals surface area contributed by atoms with Gasteiger partial charge < -0.3 is 4.74 Å². The zero-order valence-corrected chi connectivity index (χ0v) is 12.5. The minimum atomic E-state index is 0.00593. The highest BCUT2D eigenvalue weighted by Gasteiger charge is 2.09. The number of Topliss-reactive ketones (excluding diaryl/α,β-unsaturated/α-hetero) is 1. The molecule has 0 aliphatic carbocycles. The first-order chi connectivity index (χ1) is 9.06. The van der Waals surface area contributed by atoms with Gasteiger partial charge in [0, 0.05) is 4.47 Å². The summed E-state index contributed by atoms with van der Waals surface area (Å²) in [6.07, 6.45) is 0. The largest absolute Gasteiger partial charge is 0.488 e. The zero-order chi connectivity index (χ0) is 13.8. The summed E-state index contributed by atoms with van der Waals surface area (Å²) in [7, 11) is 0. The minimum absolute atomic E-state index is 0.00593. The molecule has 0 heterocycles. The lowest BCUT2D eigenvalue weighted by Crippen LogP contribution is -2.01. The molecule has 0 amide bonds. The number of benzene rings is 2. The monoisotopic (exact) mass is 318 g/mol. The first-order valence-corrected chi connectivity index (χ1v) is 6.84. The van der Waals surface area contributed by atoms with Crippen LogP contribution in [0.5, 0.6) is 5.75 Å². The van der Waals surface area contributed by atoms with E-state index in [1.807, 2.05) is 43.3 Å². The van der Waals surface area contributed by atoms with Crippen LogP contribution in [-0.2, 0) is 6.61 Å². The Morgan fingerprint density at radius 2 is 1.84 bits per heavy atom. The molecule has 3 heteroatoms. The summed E-state index contributed by atoms with van der Waals surface area (Å²) in [6.45, 7) is 4.05. The van der Waals surface area contributed by atoms with Gasteiger partial charge >= 0.3 is 0 Å². The second-order valence-electron chi connectivity index (χ2n) is 4.47. The Bertz CT molecular complexity index is 588. The summed E-state index contributed by atoms with van der Waals surface area (Å²) in [4.78, 5) is 11.5. The number of carbonyl (C=O) groups excluding carboxylic acids is 1. The third-order valence-electron chi connectivity index (χ3n) is 2.84. The Labute approximate surface area is 121 Å². The summed E-state index contributed by atoms with van der Waals surface area (Å²) in [6, 6.07) is 13.6. The number of ketones is 1. The standard InChI is InChI=1S/C16H15BrO2/c1-11-3-5-13(6-4-11)10-19-16-9-14(17)7-8-15(16)12(2)18/h3-9H,10H2,1-2H3. The van der Waals surface area contributed by atoms with E-state index in [0.717, 1.165) is 10.0 Å². The van der Waals surface area contributed by atoms with E-state index < -0.39 is 0 Å². The molecule has 0 aromatic heterocycles. The molecule has 0 radical (unpaired) electrons. The van der Waals surface area contributed by atoms with Crippen molar-refractivity contribution < 1.29 is 9.53 Å². The van der Waals surface area contributed by atoms with Crippen molar-refractivity contribution >= 4 is 21.7 Å². The van der Waals surface area contributed by atoms with Gasteiger partial charge in [-0.15, -0.1) is 0 Å². The number of hydrogen-bond acceptors (Lipinski definition) is 2. The van der Waals surface area contributed by atoms with Gasteiger partial charge in [-0.3, -0.25) is 4.79 Å². The molecule has 0 aliphatic heterocycles. The first kappa shape index (κ1) is 13.8. The normalized spacial score (nSPS) is 10.3. The van der Waals surface area contributed by atoms with E-state index in [0.29, 0.717) is 17.9 Å². The molecule has 0 spiro atoms. The van der Waals surface area contributed by atoms with E-state index in [-0.39, 0.29) is 5.78 Å². The van der Waals surface area contributed by atoms with E-state index in [2.05, 4.69) is 15.9 Å². The molecule has 0 saturated carbocycles. The van der Waals surface area contributed by atoms with Crippen LogP contribution in [0.2, 0.25) is 0 Å². The number of ether oxygens (including phenoxy) is 1. The molecule has 0 bridgehead atoms. The lowest BCUT2D eigenvalue weighted by molar-refractivity contribution is 0.101. The van der Waals surface area contributed by atoms with Crippen molar-refractivity contribution in [3.63, 3.8) is 0 Å². The number of hydrogen-bond donors (Lipinski definition) is 0. The van der Waals surface area contributed by atoms with Gasteiger partial charge in [0.2, 0.25) is 0 Å². The molecule has 0 saturated heterocycles. The van der Waals surface area contributed by atoms with Crippen molar-refractivity contribution in [1.29, 1.82) is 0 Å². The van der Waals surface area contributed by atoms with Crippen molar-refractivity contribution in [1.82, 2.24) is 0 Å². The molecule has 0 unspecified atom stereocenters. The fraction of sp³-hybridized carbons (Fsp3) is 0.188. The fourth-order valence-electron chi connectivity index (χ4n) is 1.75. The van der Waals surface area contributed by atoms with Crippen LogP contribution < -0.4 is 4.74 Å². The van der Waals surface area contributed by atoms with Gasteiger partial charge in [-0.1, -0.05) is 45.8 Å². The van der Waals surface area contributed by atoms with Gasteiger partial charge in [-0.2, -0.15) is 0 Å². The Morgan fingerprint density at radius 3 is 2.47 bits per heavy atom. The summed E-state index contributed by atoms with van der Waals surface area (Å²) >= 11 is 3.39. The highest BCUT2D eigenvalue weighted by Crippen LogP contribution is 2.25. The second-order valence-corrected chi connectivity index (χ2v) is 5.39. The van der Waals surface area contributed by atoms with Crippen LogP contribution in [0.25, 0.3) is 0 Å². The lowest BCUT2D eigenvalue weighted by Gasteiger charge is -2.10. The highest BCUT2D eigenvalue weighted by atomic mass is 79.9. The van der Waals surface area contributed by atoms with Crippen LogP contribution in [0.15, 0.2) is 46.9 Å². The highest BCUT2D eigenvalue weighted by molar-refractivity contribution is 9.10. The van der Waals surface area contributed by atoms with Crippen molar-refractivity contribution in [3.05, 3.63) is 63.6 Å². The Morgan fingerprint density at radius 1 is 1.16 bits per heavy atom. The molecule has 2 aromatic rings. The fourth-order valence-corrected chi connectivity index (χ4v) is 2.09. The third kappa shape index (κ3) is 3.67. The third-order valence-corrected chi connectivity index (χ3v) is 3.33. The predicted octanol–water partition coefficient (Wildman–Crippen LogP) is 4.54. The average Bonchev–Trinajstić information content (AvgIpc) is 2.38. The maximum absolute atomic E-state index is 11.5. The van der Waals surface area contributed by atoms with E-state index in [4.69, 9.17) is 4.74 Å². The second kappa shape index (κ2) is 6.02. The van der Waals surface area contributed by atoms with Gasteiger partial charge in [0.15, 0.2) is 5.78 Å². The number of rotatable bonds is 4. The SMILES string of the molecule is CC(=O)c1ccc(Br)cc1OCc1ccc(C)cc1. The van der Waals surface area contributed by atoms with Gasteiger partial charge in [-0.05, 0) is 37.6 Å². The Hall–Kier alpha value is -1.61. The summed E-state index contributed by atoms with van der Waals surface area (Å²) < 4.78 is 6.65. The van der Waals surface area contributed by atoms with E-state index in [9.17, 15) is 4.79 Å². The molecule has 19 heavy (non-hydrogen) atoms. The van der Waals surface area contributed by atoms with Crippen LogP contribution in [-0.4, -0.2) is 5.78 Å². The molecule has 0 atom stereocenters. The van der Waals surface area contributed by atoms with Crippen LogP contribution in [0.3, 0.4) is 0 Å². The minimum Gasteiger partial charge on any atom is -0.488 e. The van der Waals surface area contributed by atoms with Gasteiger partial charge in [-0.25, -0.2) is 0 Å². The number of aryl methyl sites for hydroxylation is 1. The smallest absolute Gasteiger partial charge is 0.163 e. The first-order valence-electron chi connectivity index (χ1n) is 6.05. The van der Waals surface area contributed by atoms with E-state index in [1.165, 1.54) is 5.56 Å². The van der Waals surface area contributed by atoms with Crippen LogP contribution in [0.1, 0.15) is 28.4 Å². The zero-order valence-electron chi connectivity index (χ0n) is 10.9. The summed E-state index contributed by atoms with van der Waals surface area (Å²) in [5.74, 6) is 0.619. The molecule has 0 aliphatic rings. The molecule has 0 N–H and O–H groups in total. The Balaban J connectivity index is 2.16. The van der Waals surface area contributed by atoms with Gasteiger partial charge in [0.25, 0.3) is 0 Å². The molecule has 2 nitrogen and oxygen atoms in total. The van der Waals surface area contributed by atoms with Gasteiger partial charge in [0.1, 0.15) is 12.4 Å². The lowest BCUT2D eigenvalue weighted by atomic mass is 10.1. The van der Waals surface area contributed by atoms with E-state index >= 15 is 0 Å². The van der Waals surface area contributed by atoms with Crippen LogP contribution in [0.4, 0.5) is 0 Å². The van der Waals surface area contributed by atoms with Crippen molar-refractivity contribution in [2.75, 3.05) is 0 Å². The van der Waals surface area contributed by atoms with E-state index in [1.54, 1.807) is 13.0 Å². The number of carbonyl (C=O) groups is 1. The maximum atomic E-state index is 11.5. The summed E-state index contributed by atoms with van der Waals surface area (Å²) in [5.41, 5.74) is 2.91. The molecular weight excluding hydrogens is 304 g/mol. The van der Waals surface area contributed by atoms with Crippen molar-refractivity contribution in [2.24, 2.45) is 0 Å². The molecule has 2 rings (SSSR count).